The number of amides is 1. The lowest BCUT2D eigenvalue weighted by atomic mass is 10.1. The van der Waals surface area contributed by atoms with Gasteiger partial charge in [0, 0.05) is 19.3 Å². The monoisotopic (exact) mass is 298 g/mol. The molecule has 1 aromatic carbocycles. The number of sulfonamides is 1. The molecule has 0 unspecified atom stereocenters. The lowest BCUT2D eigenvalue weighted by Gasteiger charge is -2.25. The summed E-state index contributed by atoms with van der Waals surface area (Å²) in [7, 11) is -2.26. The highest BCUT2D eigenvalue weighted by molar-refractivity contribution is 7.89. The second kappa shape index (κ2) is 4.83. The van der Waals surface area contributed by atoms with Crippen molar-refractivity contribution in [3.8, 4) is 0 Å². The van der Waals surface area contributed by atoms with Crippen LogP contribution in [0.15, 0.2) is 23.1 Å². The molecular formula is C13H18N2O4S. The van der Waals surface area contributed by atoms with Crippen LogP contribution in [0.2, 0.25) is 0 Å². The second-order valence-electron chi connectivity index (χ2n) is 5.62. The maximum atomic E-state index is 12.4. The van der Waals surface area contributed by atoms with Crippen LogP contribution in [0.1, 0.15) is 19.4 Å². The van der Waals surface area contributed by atoms with E-state index in [2.05, 4.69) is 5.32 Å². The third kappa shape index (κ3) is 3.00. The standard InChI is InChI=1S/C13H18N2O4S/c1-13(2,17)8-15(3)20(18,19)10-4-5-11-9(6-10)7-12(16)14-11/h4-6,17H,7-8H2,1-3H3,(H,14,16). The van der Waals surface area contributed by atoms with E-state index < -0.39 is 15.6 Å². The highest BCUT2D eigenvalue weighted by Gasteiger charge is 2.28. The second-order valence-corrected chi connectivity index (χ2v) is 7.66. The molecule has 0 atom stereocenters. The van der Waals surface area contributed by atoms with E-state index in [1.807, 2.05) is 0 Å². The number of hydrogen-bond donors (Lipinski definition) is 2. The van der Waals surface area contributed by atoms with Crippen molar-refractivity contribution in [3.63, 3.8) is 0 Å². The molecule has 0 aromatic heterocycles. The molecule has 2 N–H and O–H groups in total. The molecule has 2 rings (SSSR count). The van der Waals surface area contributed by atoms with Crippen LogP contribution in [0, 0.1) is 0 Å². The Kier molecular flexibility index (Phi) is 3.62. The van der Waals surface area contributed by atoms with Gasteiger partial charge in [-0.1, -0.05) is 0 Å². The van der Waals surface area contributed by atoms with Gasteiger partial charge in [0.15, 0.2) is 0 Å². The minimum Gasteiger partial charge on any atom is -0.389 e. The van der Waals surface area contributed by atoms with Gasteiger partial charge in [0.25, 0.3) is 0 Å². The van der Waals surface area contributed by atoms with E-state index in [0.717, 1.165) is 4.31 Å². The Labute approximate surface area is 118 Å². The fourth-order valence-corrected chi connectivity index (χ4v) is 3.55. The van der Waals surface area contributed by atoms with Gasteiger partial charge in [-0.05, 0) is 37.6 Å². The Bertz CT molecular complexity index is 647. The number of benzene rings is 1. The zero-order valence-corrected chi connectivity index (χ0v) is 12.5. The van der Waals surface area contributed by atoms with Crippen molar-refractivity contribution in [1.82, 2.24) is 4.31 Å². The van der Waals surface area contributed by atoms with Gasteiger partial charge in [0.05, 0.1) is 16.9 Å². The van der Waals surface area contributed by atoms with Gasteiger partial charge in [0.2, 0.25) is 15.9 Å². The van der Waals surface area contributed by atoms with Gasteiger partial charge < -0.3 is 10.4 Å². The zero-order valence-electron chi connectivity index (χ0n) is 11.7. The van der Waals surface area contributed by atoms with Gasteiger partial charge in [-0.2, -0.15) is 4.31 Å². The number of rotatable bonds is 4. The van der Waals surface area contributed by atoms with Crippen LogP contribution < -0.4 is 5.32 Å². The minimum absolute atomic E-state index is 0.0103. The lowest BCUT2D eigenvalue weighted by molar-refractivity contribution is -0.115. The summed E-state index contributed by atoms with van der Waals surface area (Å²) in [6.07, 6.45) is 0.188. The molecule has 0 saturated heterocycles. The first kappa shape index (κ1) is 15.0. The summed E-state index contributed by atoms with van der Waals surface area (Å²) in [4.78, 5) is 11.4. The van der Waals surface area contributed by atoms with E-state index in [-0.39, 0.29) is 23.8 Å². The Morgan fingerprint density at radius 3 is 2.65 bits per heavy atom. The smallest absolute Gasteiger partial charge is 0.242 e. The van der Waals surface area contributed by atoms with Gasteiger partial charge in [-0.15, -0.1) is 0 Å². The zero-order chi connectivity index (χ0) is 15.1. The average Bonchev–Trinajstić information content (AvgIpc) is 2.65. The number of carbonyl (C=O) groups is 1. The molecule has 20 heavy (non-hydrogen) atoms. The van der Waals surface area contributed by atoms with E-state index in [1.54, 1.807) is 19.9 Å². The molecule has 1 aliphatic heterocycles. The predicted octanol–water partition coefficient (Wildman–Crippen LogP) is 0.573. The number of likely N-dealkylation sites (N-methyl/N-ethyl adjacent to an activating group) is 1. The molecule has 0 spiro atoms. The van der Waals surface area contributed by atoms with E-state index in [9.17, 15) is 18.3 Å². The molecule has 0 fully saturated rings. The Hall–Kier alpha value is -1.44. The molecule has 0 radical (unpaired) electrons. The fourth-order valence-electron chi connectivity index (χ4n) is 2.18. The predicted molar refractivity (Wildman–Crippen MR) is 74.9 cm³/mol. The van der Waals surface area contributed by atoms with Crippen LogP contribution in [-0.2, 0) is 21.2 Å². The Morgan fingerprint density at radius 2 is 2.05 bits per heavy atom. The minimum atomic E-state index is -3.68. The molecule has 1 heterocycles. The van der Waals surface area contributed by atoms with Crippen LogP contribution in [0.25, 0.3) is 0 Å². The molecule has 0 bridgehead atoms. The molecule has 1 aliphatic rings. The fraction of sp³-hybridized carbons (Fsp3) is 0.462. The number of fused-ring (bicyclic) bond motifs is 1. The molecule has 110 valence electrons. The summed E-state index contributed by atoms with van der Waals surface area (Å²) < 4.78 is 25.9. The number of aliphatic hydroxyl groups is 1. The third-order valence-corrected chi connectivity index (χ3v) is 4.82. The van der Waals surface area contributed by atoms with Gasteiger partial charge >= 0.3 is 0 Å². The first-order valence-corrected chi connectivity index (χ1v) is 7.65. The van der Waals surface area contributed by atoms with E-state index in [4.69, 9.17) is 0 Å². The van der Waals surface area contributed by atoms with Crippen molar-refractivity contribution in [3.05, 3.63) is 23.8 Å². The number of nitrogens with one attached hydrogen (secondary N) is 1. The molecular weight excluding hydrogens is 280 g/mol. The van der Waals surface area contributed by atoms with Crippen LogP contribution in [0.3, 0.4) is 0 Å². The summed E-state index contributed by atoms with van der Waals surface area (Å²) in [5.41, 5.74) is 0.211. The normalized spacial score (nSPS) is 15.3. The Morgan fingerprint density at radius 1 is 1.40 bits per heavy atom. The molecule has 7 heteroatoms. The average molecular weight is 298 g/mol. The van der Waals surface area contributed by atoms with Crippen LogP contribution in [0.5, 0.6) is 0 Å². The van der Waals surface area contributed by atoms with Gasteiger partial charge in [-0.25, -0.2) is 8.42 Å². The van der Waals surface area contributed by atoms with Crippen molar-refractivity contribution < 1.29 is 18.3 Å². The van der Waals surface area contributed by atoms with Crippen molar-refractivity contribution in [1.29, 1.82) is 0 Å². The van der Waals surface area contributed by atoms with Crippen LogP contribution in [0.4, 0.5) is 5.69 Å². The summed E-state index contributed by atoms with van der Waals surface area (Å²) in [5, 5.41) is 12.4. The highest BCUT2D eigenvalue weighted by Crippen LogP contribution is 2.27. The van der Waals surface area contributed by atoms with Gasteiger partial charge in [-0.3, -0.25) is 4.79 Å². The molecule has 1 amide bonds. The summed E-state index contributed by atoms with van der Waals surface area (Å²) in [6, 6.07) is 4.55. The molecule has 1 aromatic rings. The first-order valence-electron chi connectivity index (χ1n) is 6.21. The van der Waals surface area contributed by atoms with E-state index >= 15 is 0 Å². The summed E-state index contributed by atoms with van der Waals surface area (Å²) in [5.74, 6) is -0.139. The molecule has 0 saturated carbocycles. The highest BCUT2D eigenvalue weighted by atomic mass is 32.2. The Balaban J connectivity index is 2.31. The molecule has 6 nitrogen and oxygen atoms in total. The largest absolute Gasteiger partial charge is 0.389 e. The number of hydrogen-bond acceptors (Lipinski definition) is 4. The van der Waals surface area contributed by atoms with Crippen molar-refractivity contribution in [2.75, 3.05) is 18.9 Å². The molecule has 0 aliphatic carbocycles. The van der Waals surface area contributed by atoms with Crippen molar-refractivity contribution in [2.24, 2.45) is 0 Å². The maximum Gasteiger partial charge on any atom is 0.242 e. The summed E-state index contributed by atoms with van der Waals surface area (Å²) in [6.45, 7) is 3.08. The van der Waals surface area contributed by atoms with Gasteiger partial charge in [0.1, 0.15) is 0 Å². The quantitative estimate of drug-likeness (QED) is 0.851. The summed E-state index contributed by atoms with van der Waals surface area (Å²) >= 11 is 0. The third-order valence-electron chi connectivity index (χ3n) is 3.02. The lowest BCUT2D eigenvalue weighted by Crippen LogP contribution is -2.39. The SMILES string of the molecule is CN(CC(C)(C)O)S(=O)(=O)c1ccc2c(c1)CC(=O)N2. The number of nitrogens with zero attached hydrogens (tertiary/aromatic N) is 1. The van der Waals surface area contributed by atoms with E-state index in [1.165, 1.54) is 19.2 Å². The van der Waals surface area contributed by atoms with Crippen molar-refractivity contribution >= 4 is 21.6 Å². The van der Waals surface area contributed by atoms with Crippen molar-refractivity contribution in [2.45, 2.75) is 30.8 Å². The number of carbonyl (C=O) groups excluding carboxylic acids is 1. The number of anilines is 1. The van der Waals surface area contributed by atoms with E-state index in [0.29, 0.717) is 11.3 Å². The topological polar surface area (TPSA) is 86.7 Å². The van der Waals surface area contributed by atoms with Crippen LogP contribution in [-0.4, -0.2) is 42.9 Å². The first-order chi connectivity index (χ1) is 9.09. The maximum absolute atomic E-state index is 12.4. The van der Waals surface area contributed by atoms with Crippen LogP contribution >= 0.6 is 0 Å².